The van der Waals surface area contributed by atoms with Gasteiger partial charge in [0.05, 0.1) is 6.20 Å². The van der Waals surface area contributed by atoms with E-state index >= 15 is 0 Å². The van der Waals surface area contributed by atoms with Gasteiger partial charge in [-0.2, -0.15) is 4.98 Å². The third-order valence-corrected chi connectivity index (χ3v) is 6.43. The van der Waals surface area contributed by atoms with Gasteiger partial charge < -0.3 is 20.4 Å². The Morgan fingerprint density at radius 1 is 1.09 bits per heavy atom. The number of piperazine rings is 1. The molecule has 2 amide bonds. The fourth-order valence-electron chi connectivity index (χ4n) is 4.71. The molecule has 0 spiro atoms. The zero-order chi connectivity index (χ0) is 22.2. The monoisotopic (exact) mass is 438 g/mol. The normalized spacial score (nSPS) is 22.1. The zero-order valence-corrected chi connectivity index (χ0v) is 18.1. The van der Waals surface area contributed by atoms with Gasteiger partial charge in [0.15, 0.2) is 11.6 Å². The minimum atomic E-state index is -0.469. The Labute approximate surface area is 186 Å². The molecule has 3 fully saturated rings. The van der Waals surface area contributed by atoms with Crippen molar-refractivity contribution in [2.45, 2.75) is 44.7 Å². The van der Waals surface area contributed by atoms with Crippen molar-refractivity contribution in [3.63, 3.8) is 0 Å². The van der Waals surface area contributed by atoms with Crippen molar-refractivity contribution in [3.8, 4) is 0 Å². The first-order valence-electron chi connectivity index (χ1n) is 11.3. The summed E-state index contributed by atoms with van der Waals surface area (Å²) < 4.78 is 14.7. The lowest BCUT2D eigenvalue weighted by Gasteiger charge is -2.41. The van der Waals surface area contributed by atoms with Crippen LogP contribution >= 0.6 is 0 Å². The van der Waals surface area contributed by atoms with Crippen LogP contribution in [-0.2, 0) is 4.79 Å². The Hall–Kier alpha value is -3.23. The fourth-order valence-corrected chi connectivity index (χ4v) is 4.71. The zero-order valence-electron chi connectivity index (χ0n) is 18.1. The number of hydrogen-bond donors (Lipinski definition) is 2. The standard InChI is InChI=1S/C23H27FN6O2/c1-2-25-21(31)14-5-7-16(8-6-14)27-23-26-11-19(24)20(28-23)29-12-17-9-10-18(13-29)30(17)22(32)15-3-4-15/h5-8,11,15,17-18H,2-4,9-10,12-13H2,1H3,(H,25,31)(H,26,27,28)/t17-,18?/m1/s1. The Kier molecular flexibility index (Phi) is 5.40. The predicted octanol–water partition coefficient (Wildman–Crippen LogP) is 2.70. The molecule has 3 aliphatic rings. The predicted molar refractivity (Wildman–Crippen MR) is 118 cm³/mol. The molecule has 2 bridgehead atoms. The van der Waals surface area contributed by atoms with Crippen molar-refractivity contribution in [2.24, 2.45) is 5.92 Å². The number of carbonyl (C=O) groups is 2. The lowest BCUT2D eigenvalue weighted by Crippen LogP contribution is -2.56. The number of aromatic nitrogens is 2. The second-order valence-electron chi connectivity index (χ2n) is 8.74. The Morgan fingerprint density at radius 3 is 2.41 bits per heavy atom. The number of hydrogen-bond acceptors (Lipinski definition) is 6. The Morgan fingerprint density at radius 2 is 1.78 bits per heavy atom. The lowest BCUT2D eigenvalue weighted by atomic mass is 10.1. The second-order valence-corrected chi connectivity index (χ2v) is 8.74. The molecule has 32 heavy (non-hydrogen) atoms. The van der Waals surface area contributed by atoms with Crippen LogP contribution in [0.2, 0.25) is 0 Å². The van der Waals surface area contributed by atoms with Crippen molar-refractivity contribution in [3.05, 3.63) is 41.8 Å². The number of halogens is 1. The summed E-state index contributed by atoms with van der Waals surface area (Å²) in [6, 6.07) is 7.19. The van der Waals surface area contributed by atoms with Crippen LogP contribution < -0.4 is 15.5 Å². The highest BCUT2D eigenvalue weighted by Gasteiger charge is 2.47. The molecule has 2 saturated heterocycles. The van der Waals surface area contributed by atoms with Crippen molar-refractivity contribution in [2.75, 3.05) is 29.9 Å². The molecule has 1 aromatic carbocycles. The van der Waals surface area contributed by atoms with Gasteiger partial charge in [0.2, 0.25) is 11.9 Å². The van der Waals surface area contributed by atoms with Crippen LogP contribution in [-0.4, -0.2) is 58.4 Å². The van der Waals surface area contributed by atoms with E-state index < -0.39 is 5.82 Å². The first-order chi connectivity index (χ1) is 15.5. The van der Waals surface area contributed by atoms with Gasteiger partial charge in [0.25, 0.3) is 5.91 Å². The number of nitrogens with one attached hydrogen (secondary N) is 2. The number of carbonyl (C=O) groups excluding carboxylic acids is 2. The lowest BCUT2D eigenvalue weighted by molar-refractivity contribution is -0.135. The number of amides is 2. The molecule has 2 aliphatic heterocycles. The maximum Gasteiger partial charge on any atom is 0.251 e. The highest BCUT2D eigenvalue weighted by molar-refractivity contribution is 5.94. The SMILES string of the molecule is CCNC(=O)c1ccc(Nc2ncc(F)c(N3CC4CC[C@H](C3)N4C(=O)C3CC3)n2)cc1. The maximum absolute atomic E-state index is 14.7. The van der Waals surface area contributed by atoms with Crippen molar-refractivity contribution in [1.29, 1.82) is 0 Å². The number of anilines is 3. The van der Waals surface area contributed by atoms with E-state index in [2.05, 4.69) is 25.5 Å². The molecule has 9 heteroatoms. The molecule has 2 aromatic rings. The molecule has 168 valence electrons. The summed E-state index contributed by atoms with van der Waals surface area (Å²) in [5.41, 5.74) is 1.27. The van der Waals surface area contributed by atoms with E-state index in [0.717, 1.165) is 25.7 Å². The summed E-state index contributed by atoms with van der Waals surface area (Å²) in [6.45, 7) is 3.61. The van der Waals surface area contributed by atoms with E-state index in [0.29, 0.717) is 30.9 Å². The van der Waals surface area contributed by atoms with Gasteiger partial charge in [-0.25, -0.2) is 9.37 Å². The van der Waals surface area contributed by atoms with Crippen molar-refractivity contribution in [1.82, 2.24) is 20.2 Å². The first kappa shape index (κ1) is 20.7. The van der Waals surface area contributed by atoms with E-state index in [-0.39, 0.29) is 41.6 Å². The van der Waals surface area contributed by atoms with E-state index in [1.807, 2.05) is 11.8 Å². The van der Waals surface area contributed by atoms with Gasteiger partial charge in [-0.15, -0.1) is 0 Å². The van der Waals surface area contributed by atoms with Crippen LogP contribution in [0.4, 0.5) is 21.8 Å². The summed E-state index contributed by atoms with van der Waals surface area (Å²) in [5.74, 6) is 0.430. The van der Waals surface area contributed by atoms with Gasteiger partial charge in [-0.3, -0.25) is 9.59 Å². The number of fused-ring (bicyclic) bond motifs is 2. The van der Waals surface area contributed by atoms with Gasteiger partial charge >= 0.3 is 0 Å². The molecule has 1 unspecified atom stereocenters. The van der Waals surface area contributed by atoms with E-state index in [1.54, 1.807) is 24.3 Å². The molecule has 1 aliphatic carbocycles. The molecule has 0 radical (unpaired) electrons. The first-order valence-corrected chi connectivity index (χ1v) is 11.3. The molecule has 5 rings (SSSR count). The van der Waals surface area contributed by atoms with Crippen LogP contribution in [0, 0.1) is 11.7 Å². The van der Waals surface area contributed by atoms with Crippen LogP contribution in [0.15, 0.2) is 30.5 Å². The maximum atomic E-state index is 14.7. The molecule has 2 atom stereocenters. The highest BCUT2D eigenvalue weighted by atomic mass is 19.1. The summed E-state index contributed by atoms with van der Waals surface area (Å²) in [6.07, 6.45) is 5.08. The minimum absolute atomic E-state index is 0.120. The summed E-state index contributed by atoms with van der Waals surface area (Å²) >= 11 is 0. The largest absolute Gasteiger partial charge is 0.352 e. The van der Waals surface area contributed by atoms with Gasteiger partial charge in [0.1, 0.15) is 0 Å². The average Bonchev–Trinajstić information content (AvgIpc) is 3.60. The molecule has 3 heterocycles. The fraction of sp³-hybridized carbons (Fsp3) is 0.478. The van der Waals surface area contributed by atoms with E-state index in [1.165, 1.54) is 6.20 Å². The Bertz CT molecular complexity index is 1010. The van der Waals surface area contributed by atoms with Crippen molar-refractivity contribution >= 4 is 29.3 Å². The summed E-state index contributed by atoms with van der Waals surface area (Å²) in [5, 5.41) is 5.84. The molecule has 1 aromatic heterocycles. The third-order valence-electron chi connectivity index (χ3n) is 6.43. The third kappa shape index (κ3) is 3.99. The van der Waals surface area contributed by atoms with Crippen LogP contribution in [0.3, 0.4) is 0 Å². The van der Waals surface area contributed by atoms with Crippen LogP contribution in [0.5, 0.6) is 0 Å². The van der Waals surface area contributed by atoms with E-state index in [4.69, 9.17) is 0 Å². The topological polar surface area (TPSA) is 90.5 Å². The highest BCUT2D eigenvalue weighted by Crippen LogP contribution is 2.39. The summed E-state index contributed by atoms with van der Waals surface area (Å²) in [7, 11) is 0. The molecule has 2 N–H and O–H groups in total. The molecular formula is C23H27FN6O2. The Balaban J connectivity index is 1.29. The quantitative estimate of drug-likeness (QED) is 0.721. The summed E-state index contributed by atoms with van der Waals surface area (Å²) in [4.78, 5) is 37.1. The van der Waals surface area contributed by atoms with E-state index in [9.17, 15) is 14.0 Å². The smallest absolute Gasteiger partial charge is 0.251 e. The van der Waals surface area contributed by atoms with Gasteiger partial charge in [-0.05, 0) is 56.9 Å². The van der Waals surface area contributed by atoms with Crippen LogP contribution in [0.25, 0.3) is 0 Å². The van der Waals surface area contributed by atoms with Crippen molar-refractivity contribution < 1.29 is 14.0 Å². The molecular weight excluding hydrogens is 411 g/mol. The number of benzene rings is 1. The number of nitrogens with zero attached hydrogens (tertiary/aromatic N) is 4. The molecule has 1 saturated carbocycles. The van der Waals surface area contributed by atoms with Gasteiger partial charge in [0, 0.05) is 48.9 Å². The average molecular weight is 439 g/mol. The second kappa shape index (κ2) is 8.37. The number of rotatable bonds is 6. The van der Waals surface area contributed by atoms with Crippen LogP contribution in [0.1, 0.15) is 43.0 Å². The minimum Gasteiger partial charge on any atom is -0.352 e. The molecule has 8 nitrogen and oxygen atoms in total. The van der Waals surface area contributed by atoms with Gasteiger partial charge in [-0.1, -0.05) is 0 Å².